The highest BCUT2D eigenvalue weighted by Crippen LogP contribution is 2.25. The van der Waals surface area contributed by atoms with E-state index in [1.54, 1.807) is 23.1 Å². The number of aryl methyl sites for hydroxylation is 1. The minimum Gasteiger partial charge on any atom is -0.464 e. The third kappa shape index (κ3) is 2.45. The van der Waals surface area contributed by atoms with Gasteiger partial charge in [0, 0.05) is 6.07 Å². The summed E-state index contributed by atoms with van der Waals surface area (Å²) in [5.74, 6) is 0.159. The molecule has 5 nitrogen and oxygen atoms in total. The lowest BCUT2D eigenvalue weighted by atomic mass is 10.2. The molecule has 0 aliphatic rings. The number of nitrogens with zero attached hydrogens (tertiary/aromatic N) is 2. The number of hydrogen-bond donors (Lipinski definition) is 0. The first-order valence-electron chi connectivity index (χ1n) is 6.48. The number of benzene rings is 1. The zero-order chi connectivity index (χ0) is 14.8. The van der Waals surface area contributed by atoms with E-state index >= 15 is 0 Å². The number of aromatic nitrogens is 2. The van der Waals surface area contributed by atoms with Crippen molar-refractivity contribution in [1.82, 2.24) is 9.78 Å². The van der Waals surface area contributed by atoms with Gasteiger partial charge < -0.3 is 9.15 Å². The van der Waals surface area contributed by atoms with Crippen LogP contribution in [0.3, 0.4) is 0 Å². The van der Waals surface area contributed by atoms with Crippen molar-refractivity contribution in [2.45, 2.75) is 6.92 Å². The maximum Gasteiger partial charge on any atom is 0.358 e. The van der Waals surface area contributed by atoms with Crippen molar-refractivity contribution in [2.24, 2.45) is 0 Å². The molecule has 0 unspecified atom stereocenters. The van der Waals surface area contributed by atoms with Gasteiger partial charge in [0.05, 0.1) is 19.1 Å². The van der Waals surface area contributed by atoms with Crippen LogP contribution in [0.2, 0.25) is 0 Å². The van der Waals surface area contributed by atoms with Crippen molar-refractivity contribution < 1.29 is 13.9 Å². The van der Waals surface area contributed by atoms with Crippen LogP contribution in [0.25, 0.3) is 17.1 Å². The summed E-state index contributed by atoms with van der Waals surface area (Å²) in [5, 5.41) is 4.32. The molecule has 0 N–H and O–H groups in total. The summed E-state index contributed by atoms with van der Waals surface area (Å²) >= 11 is 0. The Morgan fingerprint density at radius 1 is 1.24 bits per heavy atom. The molecule has 0 atom stereocenters. The maximum absolute atomic E-state index is 11.7. The minimum atomic E-state index is -0.478. The summed E-state index contributed by atoms with van der Waals surface area (Å²) in [6, 6.07) is 13.1. The van der Waals surface area contributed by atoms with Gasteiger partial charge in [0.2, 0.25) is 0 Å². The lowest BCUT2D eigenvalue weighted by molar-refractivity contribution is 0.0593. The Labute approximate surface area is 121 Å². The molecule has 0 bridgehead atoms. The number of carbonyl (C=O) groups excluding carboxylic acids is 1. The number of hydrogen-bond acceptors (Lipinski definition) is 4. The van der Waals surface area contributed by atoms with Crippen LogP contribution in [0.4, 0.5) is 0 Å². The van der Waals surface area contributed by atoms with Gasteiger partial charge >= 0.3 is 5.97 Å². The molecule has 0 amide bonds. The van der Waals surface area contributed by atoms with Crippen molar-refractivity contribution in [1.29, 1.82) is 0 Å². The van der Waals surface area contributed by atoms with E-state index in [4.69, 9.17) is 9.15 Å². The summed E-state index contributed by atoms with van der Waals surface area (Å²) in [7, 11) is 1.33. The van der Waals surface area contributed by atoms with Gasteiger partial charge in [0.25, 0.3) is 0 Å². The second kappa shape index (κ2) is 5.28. The standard InChI is InChI=1S/C16H14N2O3/c1-11-5-7-12(8-6-11)18-14(15-4-3-9-21-15)10-13(17-18)16(19)20-2/h3-10H,1-2H3. The Morgan fingerprint density at radius 3 is 2.62 bits per heavy atom. The van der Waals surface area contributed by atoms with Gasteiger partial charge in [0.15, 0.2) is 11.5 Å². The van der Waals surface area contributed by atoms with Crippen LogP contribution in [0.15, 0.2) is 53.1 Å². The second-order valence-electron chi connectivity index (χ2n) is 4.63. The molecule has 0 saturated heterocycles. The molecular formula is C16H14N2O3. The van der Waals surface area contributed by atoms with Crippen molar-refractivity contribution in [2.75, 3.05) is 7.11 Å². The molecule has 2 aromatic heterocycles. The van der Waals surface area contributed by atoms with Crippen molar-refractivity contribution in [3.8, 4) is 17.1 Å². The molecule has 0 aliphatic heterocycles. The topological polar surface area (TPSA) is 57.3 Å². The minimum absolute atomic E-state index is 0.240. The predicted octanol–water partition coefficient (Wildman–Crippen LogP) is 3.23. The van der Waals surface area contributed by atoms with Crippen LogP contribution in [0.1, 0.15) is 16.1 Å². The summed E-state index contributed by atoms with van der Waals surface area (Å²) < 4.78 is 11.8. The van der Waals surface area contributed by atoms with E-state index in [-0.39, 0.29) is 5.69 Å². The normalized spacial score (nSPS) is 10.6. The molecule has 0 spiro atoms. The molecule has 3 aromatic rings. The SMILES string of the molecule is COC(=O)c1cc(-c2ccco2)n(-c2ccc(C)cc2)n1. The van der Waals surface area contributed by atoms with E-state index in [1.165, 1.54) is 7.11 Å². The Balaban J connectivity index is 2.15. The molecule has 0 radical (unpaired) electrons. The number of ether oxygens (including phenoxy) is 1. The second-order valence-corrected chi connectivity index (χ2v) is 4.63. The van der Waals surface area contributed by atoms with Gasteiger partial charge in [-0.2, -0.15) is 5.10 Å². The van der Waals surface area contributed by atoms with Crippen LogP contribution < -0.4 is 0 Å². The number of furan rings is 1. The van der Waals surface area contributed by atoms with Gasteiger partial charge in [-0.3, -0.25) is 0 Å². The highest BCUT2D eigenvalue weighted by molar-refractivity contribution is 5.88. The third-order valence-corrected chi connectivity index (χ3v) is 3.16. The lowest BCUT2D eigenvalue weighted by Crippen LogP contribution is -2.04. The van der Waals surface area contributed by atoms with E-state index < -0.39 is 5.97 Å². The van der Waals surface area contributed by atoms with Gasteiger partial charge in [0.1, 0.15) is 5.69 Å². The molecular weight excluding hydrogens is 268 g/mol. The maximum atomic E-state index is 11.7. The molecule has 0 saturated carbocycles. The van der Waals surface area contributed by atoms with Crippen molar-refractivity contribution >= 4 is 5.97 Å². The summed E-state index contributed by atoms with van der Waals surface area (Å²) in [4.78, 5) is 11.7. The highest BCUT2D eigenvalue weighted by Gasteiger charge is 2.18. The smallest absolute Gasteiger partial charge is 0.358 e. The first-order valence-corrected chi connectivity index (χ1v) is 6.48. The van der Waals surface area contributed by atoms with E-state index in [0.717, 1.165) is 11.3 Å². The van der Waals surface area contributed by atoms with E-state index in [0.29, 0.717) is 11.5 Å². The zero-order valence-electron chi connectivity index (χ0n) is 11.7. The Bertz CT molecular complexity index is 755. The monoisotopic (exact) mass is 282 g/mol. The Morgan fingerprint density at radius 2 is 2.00 bits per heavy atom. The van der Waals surface area contributed by atoms with E-state index in [1.807, 2.05) is 37.3 Å². The predicted molar refractivity (Wildman–Crippen MR) is 77.3 cm³/mol. The fourth-order valence-corrected chi connectivity index (χ4v) is 2.07. The number of carbonyl (C=O) groups is 1. The van der Waals surface area contributed by atoms with Crippen LogP contribution >= 0.6 is 0 Å². The third-order valence-electron chi connectivity index (χ3n) is 3.16. The lowest BCUT2D eigenvalue weighted by Gasteiger charge is -2.05. The zero-order valence-corrected chi connectivity index (χ0v) is 11.7. The molecule has 5 heteroatoms. The van der Waals surface area contributed by atoms with Crippen molar-refractivity contribution in [3.63, 3.8) is 0 Å². The average Bonchev–Trinajstić information content (AvgIpc) is 3.16. The molecule has 1 aromatic carbocycles. The molecule has 0 fully saturated rings. The summed E-state index contributed by atoms with van der Waals surface area (Å²) in [6.45, 7) is 2.01. The van der Waals surface area contributed by atoms with Crippen LogP contribution in [0.5, 0.6) is 0 Å². The van der Waals surface area contributed by atoms with Crippen LogP contribution in [0, 0.1) is 6.92 Å². The van der Waals surface area contributed by atoms with Crippen LogP contribution in [-0.2, 0) is 4.74 Å². The molecule has 106 valence electrons. The number of rotatable bonds is 3. The molecule has 21 heavy (non-hydrogen) atoms. The quantitative estimate of drug-likeness (QED) is 0.692. The van der Waals surface area contributed by atoms with E-state index in [9.17, 15) is 4.79 Å². The summed E-state index contributed by atoms with van der Waals surface area (Å²) in [6.07, 6.45) is 1.58. The van der Waals surface area contributed by atoms with E-state index in [2.05, 4.69) is 5.10 Å². The highest BCUT2D eigenvalue weighted by atomic mass is 16.5. The molecule has 2 heterocycles. The largest absolute Gasteiger partial charge is 0.464 e. The first-order chi connectivity index (χ1) is 10.2. The fraction of sp³-hybridized carbons (Fsp3) is 0.125. The van der Waals surface area contributed by atoms with Gasteiger partial charge in [-0.15, -0.1) is 0 Å². The first kappa shape index (κ1) is 13.2. The Kier molecular flexibility index (Phi) is 3.31. The molecule has 0 aliphatic carbocycles. The Hall–Kier alpha value is -2.82. The fourth-order valence-electron chi connectivity index (χ4n) is 2.07. The van der Waals surface area contributed by atoms with Crippen LogP contribution in [-0.4, -0.2) is 22.9 Å². The van der Waals surface area contributed by atoms with Crippen molar-refractivity contribution in [3.05, 3.63) is 60.0 Å². The number of esters is 1. The van der Waals surface area contributed by atoms with Gasteiger partial charge in [-0.25, -0.2) is 9.48 Å². The average molecular weight is 282 g/mol. The van der Waals surface area contributed by atoms with Gasteiger partial charge in [-0.1, -0.05) is 17.7 Å². The summed E-state index contributed by atoms with van der Waals surface area (Å²) in [5.41, 5.74) is 2.94. The molecule has 3 rings (SSSR count). The number of methoxy groups -OCH3 is 1. The van der Waals surface area contributed by atoms with Gasteiger partial charge in [-0.05, 0) is 31.2 Å².